The third kappa shape index (κ3) is 4.47. The minimum Gasteiger partial charge on any atom is -0.378 e. The zero-order chi connectivity index (χ0) is 26.5. The van der Waals surface area contributed by atoms with Crippen molar-refractivity contribution in [3.05, 3.63) is 35.9 Å². The molecule has 1 aromatic carbocycles. The maximum Gasteiger partial charge on any atom is 0.239 e. The van der Waals surface area contributed by atoms with Crippen molar-refractivity contribution in [2.24, 2.45) is 13.0 Å². The van der Waals surface area contributed by atoms with E-state index in [1.807, 2.05) is 18.2 Å². The van der Waals surface area contributed by atoms with Crippen molar-refractivity contribution in [3.8, 4) is 5.95 Å². The van der Waals surface area contributed by atoms with Crippen molar-refractivity contribution in [3.63, 3.8) is 0 Å². The second kappa shape index (κ2) is 10.1. The molecular weight excluding hydrogens is 494 g/mol. The minimum atomic E-state index is 0.589. The molecule has 3 saturated heterocycles. The first-order valence-corrected chi connectivity index (χ1v) is 14.1. The number of anilines is 1. The number of imidazole rings is 2. The zero-order valence-electron chi connectivity index (χ0n) is 23.1. The van der Waals surface area contributed by atoms with E-state index in [1.165, 1.54) is 0 Å². The highest BCUT2D eigenvalue weighted by atomic mass is 16.5. The second-order valence-electron chi connectivity index (χ2n) is 11.1. The number of ether oxygens (including phenoxy) is 2. The van der Waals surface area contributed by atoms with Gasteiger partial charge in [-0.15, -0.1) is 0 Å². The Bertz CT molecular complexity index is 1480. The molecule has 0 spiro atoms. The summed E-state index contributed by atoms with van der Waals surface area (Å²) >= 11 is 0. The summed E-state index contributed by atoms with van der Waals surface area (Å²) in [6.07, 6.45) is 0.790. The lowest BCUT2D eigenvalue weighted by atomic mass is 9.98. The molecule has 0 saturated carbocycles. The van der Waals surface area contributed by atoms with Crippen molar-refractivity contribution < 1.29 is 9.47 Å². The molecule has 11 heteroatoms. The summed E-state index contributed by atoms with van der Waals surface area (Å²) in [5, 5.41) is 0. The van der Waals surface area contributed by atoms with Crippen molar-refractivity contribution in [2.75, 3.05) is 71.1 Å². The van der Waals surface area contributed by atoms with Gasteiger partial charge in [0.05, 0.1) is 50.0 Å². The first-order valence-electron chi connectivity index (χ1n) is 14.1. The van der Waals surface area contributed by atoms with Crippen LogP contribution in [0.4, 0.5) is 5.82 Å². The number of morpholine rings is 1. The maximum absolute atomic E-state index is 5.65. The Morgan fingerprint density at radius 1 is 0.974 bits per heavy atom. The van der Waals surface area contributed by atoms with Crippen molar-refractivity contribution >= 4 is 28.0 Å². The SMILES string of the molecule is CCc1nc2ccccc2n1-c1nc(N2CCOCC2)c2nc(CN3CC(CN(C)C4COC4)C3)n(C)c2n1. The van der Waals surface area contributed by atoms with Gasteiger partial charge in [-0.1, -0.05) is 19.1 Å². The van der Waals surface area contributed by atoms with E-state index >= 15 is 0 Å². The molecule has 7 rings (SSSR count). The molecule has 3 fully saturated rings. The number of hydrogen-bond acceptors (Lipinski definition) is 9. The summed E-state index contributed by atoms with van der Waals surface area (Å²) in [5.74, 6) is 4.21. The fourth-order valence-corrected chi connectivity index (χ4v) is 6.01. The number of para-hydroxylation sites is 2. The molecule has 0 amide bonds. The first kappa shape index (κ1) is 24.9. The van der Waals surface area contributed by atoms with Gasteiger partial charge in [-0.25, -0.2) is 9.97 Å². The van der Waals surface area contributed by atoms with Gasteiger partial charge in [0.15, 0.2) is 17.0 Å². The molecule has 0 radical (unpaired) electrons. The molecule has 0 aliphatic carbocycles. The van der Waals surface area contributed by atoms with Crippen LogP contribution >= 0.6 is 0 Å². The Kier molecular flexibility index (Phi) is 6.46. The van der Waals surface area contributed by atoms with Crippen LogP contribution in [0.3, 0.4) is 0 Å². The molecule has 39 heavy (non-hydrogen) atoms. The van der Waals surface area contributed by atoms with Crippen LogP contribution in [0, 0.1) is 5.92 Å². The zero-order valence-corrected chi connectivity index (χ0v) is 23.1. The van der Waals surface area contributed by atoms with Crippen LogP contribution in [0.1, 0.15) is 18.6 Å². The lowest BCUT2D eigenvalue weighted by Gasteiger charge is -2.43. The second-order valence-corrected chi connectivity index (χ2v) is 11.1. The largest absolute Gasteiger partial charge is 0.378 e. The van der Waals surface area contributed by atoms with Crippen LogP contribution in [-0.2, 0) is 29.5 Å². The van der Waals surface area contributed by atoms with E-state index in [2.05, 4.69) is 50.9 Å². The van der Waals surface area contributed by atoms with Crippen LogP contribution in [0.5, 0.6) is 0 Å². The predicted molar refractivity (Wildman–Crippen MR) is 149 cm³/mol. The monoisotopic (exact) mass is 531 g/mol. The molecule has 0 N–H and O–H groups in total. The first-order chi connectivity index (χ1) is 19.1. The summed E-state index contributed by atoms with van der Waals surface area (Å²) in [4.78, 5) is 27.5. The summed E-state index contributed by atoms with van der Waals surface area (Å²) in [7, 11) is 4.30. The van der Waals surface area contributed by atoms with Gasteiger partial charge in [0, 0.05) is 46.2 Å². The smallest absolute Gasteiger partial charge is 0.239 e. The summed E-state index contributed by atoms with van der Waals surface area (Å²) in [5.41, 5.74) is 3.70. The van der Waals surface area contributed by atoms with Crippen LogP contribution in [0.15, 0.2) is 24.3 Å². The quantitative estimate of drug-likeness (QED) is 0.338. The fourth-order valence-electron chi connectivity index (χ4n) is 6.01. The average Bonchev–Trinajstić information content (AvgIpc) is 3.43. The number of aryl methyl sites for hydroxylation is 2. The van der Waals surface area contributed by atoms with E-state index in [4.69, 9.17) is 29.4 Å². The molecule has 0 bridgehead atoms. The molecule has 3 aliphatic rings. The van der Waals surface area contributed by atoms with E-state index < -0.39 is 0 Å². The van der Waals surface area contributed by atoms with Gasteiger partial charge < -0.3 is 18.9 Å². The molecule has 3 aromatic heterocycles. The van der Waals surface area contributed by atoms with Crippen molar-refractivity contribution in [1.29, 1.82) is 0 Å². The Morgan fingerprint density at radius 2 is 1.77 bits per heavy atom. The van der Waals surface area contributed by atoms with Crippen LogP contribution in [0.25, 0.3) is 28.1 Å². The van der Waals surface area contributed by atoms with Crippen molar-refractivity contribution in [2.45, 2.75) is 25.9 Å². The Morgan fingerprint density at radius 3 is 2.51 bits per heavy atom. The summed E-state index contributed by atoms with van der Waals surface area (Å²) in [6.45, 7) is 10.9. The topological polar surface area (TPSA) is 89.6 Å². The fraction of sp³-hybridized carbons (Fsp3) is 0.571. The van der Waals surface area contributed by atoms with Crippen LogP contribution < -0.4 is 4.90 Å². The molecule has 4 aromatic rings. The van der Waals surface area contributed by atoms with Crippen LogP contribution in [-0.4, -0.2) is 111 Å². The lowest BCUT2D eigenvalue weighted by Crippen LogP contribution is -2.55. The normalized spacial score (nSPS) is 19.3. The van der Waals surface area contributed by atoms with Gasteiger partial charge in [-0.2, -0.15) is 9.97 Å². The number of likely N-dealkylation sites (N-methyl/N-ethyl adjacent to an activating group) is 1. The van der Waals surface area contributed by atoms with Gasteiger partial charge >= 0.3 is 0 Å². The number of likely N-dealkylation sites (tertiary alicyclic amines) is 1. The number of nitrogens with zero attached hydrogens (tertiary/aromatic N) is 9. The Labute approximate surface area is 228 Å². The van der Waals surface area contributed by atoms with Gasteiger partial charge in [0.1, 0.15) is 11.6 Å². The maximum atomic E-state index is 5.65. The van der Waals surface area contributed by atoms with Gasteiger partial charge in [-0.3, -0.25) is 14.4 Å². The third-order valence-electron chi connectivity index (χ3n) is 8.43. The molecule has 6 heterocycles. The summed E-state index contributed by atoms with van der Waals surface area (Å²) in [6, 6.07) is 8.80. The predicted octanol–water partition coefficient (Wildman–Crippen LogP) is 1.86. The third-order valence-corrected chi connectivity index (χ3v) is 8.43. The average molecular weight is 532 g/mol. The highest BCUT2D eigenvalue weighted by Crippen LogP contribution is 2.29. The van der Waals surface area contributed by atoms with Crippen LogP contribution in [0.2, 0.25) is 0 Å². The summed E-state index contributed by atoms with van der Waals surface area (Å²) < 4.78 is 15.3. The van der Waals surface area contributed by atoms with Crippen molar-refractivity contribution in [1.82, 2.24) is 38.9 Å². The van der Waals surface area contributed by atoms with E-state index in [0.29, 0.717) is 31.1 Å². The van der Waals surface area contributed by atoms with E-state index in [1.54, 1.807) is 0 Å². The van der Waals surface area contributed by atoms with E-state index in [-0.39, 0.29) is 0 Å². The molecular formula is C28H37N9O2. The lowest BCUT2D eigenvalue weighted by molar-refractivity contribution is -0.0682. The number of aromatic nitrogens is 6. The molecule has 0 atom stereocenters. The standard InChI is InChI=1S/C28H37N9O2/c1-4-23-29-21-7-5-6-8-22(21)37(23)28-31-26-25(27(32-28)36-9-11-38-12-10-36)30-24(34(26)3)16-35-14-19(15-35)13-33(2)20-17-39-18-20/h5-8,19-20H,4,9-18H2,1-3H3. The van der Waals surface area contributed by atoms with Gasteiger partial charge in [0.2, 0.25) is 5.95 Å². The molecule has 0 unspecified atom stereocenters. The number of benzene rings is 1. The number of hydrogen-bond donors (Lipinski definition) is 0. The number of fused-ring (bicyclic) bond motifs is 2. The molecule has 3 aliphatic heterocycles. The minimum absolute atomic E-state index is 0.589. The highest BCUT2D eigenvalue weighted by Gasteiger charge is 2.32. The number of rotatable bonds is 8. The van der Waals surface area contributed by atoms with Gasteiger partial charge in [0.25, 0.3) is 0 Å². The Balaban J connectivity index is 1.22. The molecule has 11 nitrogen and oxygen atoms in total. The highest BCUT2D eigenvalue weighted by molar-refractivity contribution is 5.86. The Hall–Kier alpha value is -3.12. The van der Waals surface area contributed by atoms with E-state index in [0.717, 1.165) is 98.6 Å². The van der Waals surface area contributed by atoms with Gasteiger partial charge in [-0.05, 0) is 25.1 Å². The molecule has 206 valence electrons. The van der Waals surface area contributed by atoms with E-state index in [9.17, 15) is 0 Å².